The van der Waals surface area contributed by atoms with Crippen LogP contribution in [0.4, 0.5) is 5.82 Å². The topological polar surface area (TPSA) is 83.9 Å². The number of aliphatic hydroxyl groups is 1. The van der Waals surface area contributed by atoms with Crippen LogP contribution >= 0.6 is 11.8 Å². The Morgan fingerprint density at radius 3 is 2.44 bits per heavy atom. The molecule has 2 fully saturated rings. The Hall–Kier alpha value is -2.54. The summed E-state index contributed by atoms with van der Waals surface area (Å²) < 4.78 is 0. The van der Waals surface area contributed by atoms with Crippen LogP contribution in [0.1, 0.15) is 48.3 Å². The zero-order valence-corrected chi connectivity index (χ0v) is 15.7. The minimum atomic E-state index is -0.405. The van der Waals surface area contributed by atoms with Gasteiger partial charge in [-0.15, -0.1) is 0 Å². The van der Waals surface area contributed by atoms with E-state index in [0.717, 1.165) is 42.7 Å². The second-order valence-corrected chi connectivity index (χ2v) is 8.12. The van der Waals surface area contributed by atoms with Gasteiger partial charge in [0.2, 0.25) is 0 Å². The van der Waals surface area contributed by atoms with Crippen molar-refractivity contribution in [1.29, 1.82) is 10.5 Å². The lowest BCUT2D eigenvalue weighted by Gasteiger charge is -2.32. The molecule has 1 aromatic carbocycles. The van der Waals surface area contributed by atoms with Gasteiger partial charge in [-0.1, -0.05) is 30.0 Å². The molecule has 0 spiro atoms. The summed E-state index contributed by atoms with van der Waals surface area (Å²) in [5.41, 5.74) is 1.90. The summed E-state index contributed by atoms with van der Waals surface area (Å²) in [7, 11) is 0. The molecule has 5 nitrogen and oxygen atoms in total. The molecule has 1 saturated heterocycles. The SMILES string of the molecule is N#Cc1c(Sc2ccccc2)nc(N2CCCC(O)C2)c(C#N)c1C1CC1. The first-order chi connectivity index (χ1) is 13.2. The maximum absolute atomic E-state index is 10.1. The zero-order valence-electron chi connectivity index (χ0n) is 14.9. The first kappa shape index (κ1) is 17.9. The van der Waals surface area contributed by atoms with Crippen molar-refractivity contribution in [2.24, 2.45) is 0 Å². The monoisotopic (exact) mass is 376 g/mol. The van der Waals surface area contributed by atoms with Gasteiger partial charge in [0.15, 0.2) is 0 Å². The third kappa shape index (κ3) is 3.64. The molecular weight excluding hydrogens is 356 g/mol. The van der Waals surface area contributed by atoms with Crippen LogP contribution in [0.25, 0.3) is 0 Å². The van der Waals surface area contributed by atoms with Crippen molar-refractivity contribution in [3.05, 3.63) is 47.0 Å². The molecule has 0 bridgehead atoms. The first-order valence-electron chi connectivity index (χ1n) is 9.25. The van der Waals surface area contributed by atoms with Gasteiger partial charge >= 0.3 is 0 Å². The first-order valence-corrected chi connectivity index (χ1v) is 10.1. The van der Waals surface area contributed by atoms with E-state index in [1.54, 1.807) is 0 Å². The van der Waals surface area contributed by atoms with E-state index in [1.165, 1.54) is 11.8 Å². The van der Waals surface area contributed by atoms with E-state index >= 15 is 0 Å². The molecule has 2 aliphatic rings. The Labute approximate surface area is 163 Å². The predicted octanol–water partition coefficient (Wildman–Crippen LogP) is 3.81. The average molecular weight is 376 g/mol. The molecule has 1 aromatic heterocycles. The van der Waals surface area contributed by atoms with Crippen LogP contribution in [-0.4, -0.2) is 29.3 Å². The van der Waals surface area contributed by atoms with Crippen molar-refractivity contribution in [2.75, 3.05) is 18.0 Å². The van der Waals surface area contributed by atoms with Gasteiger partial charge in [0, 0.05) is 18.0 Å². The molecule has 0 amide bonds. The summed E-state index contributed by atoms with van der Waals surface area (Å²) in [6.45, 7) is 1.25. The number of anilines is 1. The maximum atomic E-state index is 10.1. The lowest BCUT2D eigenvalue weighted by molar-refractivity contribution is 0.154. The number of nitrogens with zero attached hydrogens (tertiary/aromatic N) is 4. The van der Waals surface area contributed by atoms with E-state index in [2.05, 4.69) is 12.1 Å². The van der Waals surface area contributed by atoms with Gasteiger partial charge in [-0.05, 0) is 49.3 Å². The summed E-state index contributed by atoms with van der Waals surface area (Å²) in [5.74, 6) is 0.886. The smallest absolute Gasteiger partial charge is 0.148 e. The molecule has 1 aliphatic carbocycles. The highest BCUT2D eigenvalue weighted by Gasteiger charge is 2.34. The maximum Gasteiger partial charge on any atom is 0.148 e. The lowest BCUT2D eigenvalue weighted by Crippen LogP contribution is -2.39. The fourth-order valence-corrected chi connectivity index (χ4v) is 4.52. The Kier molecular flexibility index (Phi) is 5.03. The molecule has 0 radical (unpaired) electrons. The van der Waals surface area contributed by atoms with Crippen LogP contribution in [0.3, 0.4) is 0 Å². The number of benzene rings is 1. The van der Waals surface area contributed by atoms with Crippen LogP contribution in [-0.2, 0) is 0 Å². The van der Waals surface area contributed by atoms with Crippen LogP contribution in [0.15, 0.2) is 40.3 Å². The quantitative estimate of drug-likeness (QED) is 0.873. The van der Waals surface area contributed by atoms with Gasteiger partial charge in [-0.2, -0.15) is 10.5 Å². The van der Waals surface area contributed by atoms with E-state index in [1.807, 2.05) is 35.2 Å². The standard InChI is InChI=1S/C21H20N4OS/c22-11-17-19(14-8-9-14)18(12-23)21(27-16-6-2-1-3-7-16)24-20(17)25-10-4-5-15(26)13-25/h1-3,6-7,14-15,26H,4-5,8-10,13H2. The van der Waals surface area contributed by atoms with E-state index in [0.29, 0.717) is 28.5 Å². The number of hydrogen-bond acceptors (Lipinski definition) is 6. The summed E-state index contributed by atoms with van der Waals surface area (Å²) in [6, 6.07) is 14.5. The molecule has 1 N–H and O–H groups in total. The van der Waals surface area contributed by atoms with Crippen LogP contribution in [0, 0.1) is 22.7 Å². The molecule has 1 saturated carbocycles. The summed E-state index contributed by atoms with van der Waals surface area (Å²) in [4.78, 5) is 7.79. The summed E-state index contributed by atoms with van der Waals surface area (Å²) in [6.07, 6.45) is 3.25. The Bertz CT molecular complexity index is 928. The number of aliphatic hydroxyl groups excluding tert-OH is 1. The summed E-state index contributed by atoms with van der Waals surface area (Å²) in [5, 5.41) is 30.5. The number of hydrogen-bond donors (Lipinski definition) is 1. The molecule has 27 heavy (non-hydrogen) atoms. The number of aromatic nitrogens is 1. The van der Waals surface area contributed by atoms with Crippen molar-refractivity contribution in [3.63, 3.8) is 0 Å². The van der Waals surface area contributed by atoms with E-state index in [4.69, 9.17) is 4.98 Å². The second kappa shape index (κ2) is 7.60. The van der Waals surface area contributed by atoms with Crippen molar-refractivity contribution in [2.45, 2.75) is 47.6 Å². The molecule has 6 heteroatoms. The number of rotatable bonds is 4. The molecular formula is C21H20N4OS. The molecule has 1 unspecified atom stereocenters. The van der Waals surface area contributed by atoms with Gasteiger partial charge in [0.1, 0.15) is 23.0 Å². The predicted molar refractivity (Wildman–Crippen MR) is 104 cm³/mol. The minimum Gasteiger partial charge on any atom is -0.391 e. The second-order valence-electron chi connectivity index (χ2n) is 7.06. The van der Waals surface area contributed by atoms with Crippen molar-refractivity contribution < 1.29 is 5.11 Å². The van der Waals surface area contributed by atoms with Crippen LogP contribution in [0.2, 0.25) is 0 Å². The normalized spacial score (nSPS) is 19.4. The number of β-amino-alcohol motifs (C(OH)–C–C–N with tert-alkyl or cyclic N) is 1. The average Bonchev–Trinajstić information content (AvgIpc) is 3.53. The minimum absolute atomic E-state index is 0.265. The number of piperidine rings is 1. The molecule has 1 aliphatic heterocycles. The fraction of sp³-hybridized carbons (Fsp3) is 0.381. The molecule has 2 aromatic rings. The molecule has 136 valence electrons. The molecule has 2 heterocycles. The van der Waals surface area contributed by atoms with Gasteiger partial charge in [-0.3, -0.25) is 0 Å². The molecule has 4 rings (SSSR count). The fourth-order valence-electron chi connectivity index (χ4n) is 3.62. The van der Waals surface area contributed by atoms with Crippen LogP contribution < -0.4 is 4.90 Å². The highest BCUT2D eigenvalue weighted by Crippen LogP contribution is 2.47. The van der Waals surface area contributed by atoms with Crippen molar-refractivity contribution >= 4 is 17.6 Å². The summed E-state index contributed by atoms with van der Waals surface area (Å²) >= 11 is 1.46. The van der Waals surface area contributed by atoms with Gasteiger partial charge in [0.05, 0.1) is 17.2 Å². The van der Waals surface area contributed by atoms with Crippen molar-refractivity contribution in [1.82, 2.24) is 4.98 Å². The lowest BCUT2D eigenvalue weighted by atomic mass is 9.99. The third-order valence-corrected chi connectivity index (χ3v) is 6.04. The van der Waals surface area contributed by atoms with E-state index in [-0.39, 0.29) is 5.92 Å². The van der Waals surface area contributed by atoms with Crippen molar-refractivity contribution in [3.8, 4) is 12.1 Å². The third-order valence-electron chi connectivity index (χ3n) is 5.05. The van der Waals surface area contributed by atoms with Gasteiger partial charge in [0.25, 0.3) is 0 Å². The Morgan fingerprint density at radius 2 is 1.81 bits per heavy atom. The number of nitriles is 2. The van der Waals surface area contributed by atoms with Crippen LogP contribution in [0.5, 0.6) is 0 Å². The Balaban J connectivity index is 1.85. The Morgan fingerprint density at radius 1 is 1.07 bits per heavy atom. The van der Waals surface area contributed by atoms with Gasteiger partial charge in [-0.25, -0.2) is 4.98 Å². The molecule has 1 atom stereocenters. The number of pyridine rings is 1. The van der Waals surface area contributed by atoms with E-state index in [9.17, 15) is 15.6 Å². The van der Waals surface area contributed by atoms with Gasteiger partial charge < -0.3 is 10.0 Å². The zero-order chi connectivity index (χ0) is 18.8. The largest absolute Gasteiger partial charge is 0.391 e. The van der Waals surface area contributed by atoms with E-state index < -0.39 is 6.10 Å². The highest BCUT2D eigenvalue weighted by atomic mass is 32.2. The highest BCUT2D eigenvalue weighted by molar-refractivity contribution is 7.99.